The highest BCUT2D eigenvalue weighted by Crippen LogP contribution is 2.27. The van der Waals surface area contributed by atoms with Crippen LogP contribution in [0, 0.1) is 0 Å². The van der Waals surface area contributed by atoms with Crippen molar-refractivity contribution in [1.82, 2.24) is 20.4 Å². The van der Waals surface area contributed by atoms with Crippen molar-refractivity contribution >= 4 is 35.4 Å². The summed E-state index contributed by atoms with van der Waals surface area (Å²) >= 11 is 0. The largest absolute Gasteiger partial charge is 0.444 e. The number of hydrogen-bond acceptors (Lipinski definition) is 6. The maximum atomic E-state index is 13.7. The summed E-state index contributed by atoms with van der Waals surface area (Å²) in [5.41, 5.74) is -0.634. The summed E-state index contributed by atoms with van der Waals surface area (Å²) in [6.07, 6.45) is 1.91. The lowest BCUT2D eigenvalue weighted by atomic mass is 10.00. The highest BCUT2D eigenvalue weighted by atomic mass is 16.6. The minimum atomic E-state index is -1.40. The molecule has 2 aliphatic rings. The predicted octanol–water partition coefficient (Wildman–Crippen LogP) is 3.64. The van der Waals surface area contributed by atoms with Gasteiger partial charge in [-0.25, -0.2) is 4.79 Å². The van der Waals surface area contributed by atoms with E-state index in [9.17, 15) is 24.0 Å². The Morgan fingerprint density at radius 2 is 1.40 bits per heavy atom. The quantitative estimate of drug-likeness (QED) is 0.392. The molecule has 45 heavy (non-hydrogen) atoms. The second-order valence-corrected chi connectivity index (χ2v) is 13.2. The van der Waals surface area contributed by atoms with Gasteiger partial charge >= 0.3 is 6.09 Å². The molecule has 2 aromatic rings. The lowest BCUT2D eigenvalue weighted by Crippen LogP contribution is -2.62. The topological polar surface area (TPSA) is 137 Å². The van der Waals surface area contributed by atoms with E-state index in [0.717, 1.165) is 5.56 Å². The fourth-order valence-electron chi connectivity index (χ4n) is 5.65. The van der Waals surface area contributed by atoms with Crippen molar-refractivity contribution in [3.05, 3.63) is 66.2 Å². The first-order valence-corrected chi connectivity index (χ1v) is 15.6. The molecular formula is C34H45N5O6. The molecule has 4 rings (SSSR count). The third-order valence-electron chi connectivity index (χ3n) is 7.95. The minimum Gasteiger partial charge on any atom is -0.444 e. The Morgan fingerprint density at radius 3 is 2.02 bits per heavy atom. The van der Waals surface area contributed by atoms with Crippen LogP contribution in [0.5, 0.6) is 0 Å². The molecule has 0 saturated carbocycles. The van der Waals surface area contributed by atoms with Crippen LogP contribution in [0.25, 0.3) is 0 Å². The van der Waals surface area contributed by atoms with Crippen molar-refractivity contribution in [2.75, 3.05) is 18.4 Å². The molecule has 3 N–H and O–H groups in total. The second-order valence-electron chi connectivity index (χ2n) is 13.2. The summed E-state index contributed by atoms with van der Waals surface area (Å²) in [7, 11) is 0. The van der Waals surface area contributed by atoms with Crippen LogP contribution in [-0.4, -0.2) is 81.9 Å². The number of nitrogens with zero attached hydrogens (tertiary/aromatic N) is 2. The molecule has 1 unspecified atom stereocenters. The lowest BCUT2D eigenvalue weighted by Gasteiger charge is -2.34. The molecule has 5 amide bonds. The van der Waals surface area contributed by atoms with Crippen LogP contribution < -0.4 is 16.0 Å². The van der Waals surface area contributed by atoms with Crippen LogP contribution in [0.4, 0.5) is 10.5 Å². The number of carbonyl (C=O) groups excluding carboxylic acids is 5. The first-order valence-electron chi connectivity index (χ1n) is 15.6. The summed E-state index contributed by atoms with van der Waals surface area (Å²) < 4.78 is 5.51. The van der Waals surface area contributed by atoms with E-state index in [0.29, 0.717) is 44.5 Å². The Morgan fingerprint density at radius 1 is 0.822 bits per heavy atom. The van der Waals surface area contributed by atoms with Gasteiger partial charge in [-0.1, -0.05) is 48.5 Å². The molecule has 2 aliphatic heterocycles. The molecule has 3 atom stereocenters. The molecule has 0 bridgehead atoms. The number of likely N-dealkylation sites (tertiary alicyclic amines) is 2. The van der Waals surface area contributed by atoms with Crippen LogP contribution >= 0.6 is 0 Å². The standard InChI is InChI=1S/C34H45N5O6/c1-33(2,3)45-32(44)39-21-13-19-27(39)30(42)38-20-12-18-26(38)29(41)37-34(4,5)31(43)36-25(22-23-14-8-6-9-15-23)28(40)35-24-16-10-7-11-17-24/h6-11,14-17,25-27H,12-13,18-22H2,1-5H3,(H,35,40)(H,36,43)(H,37,41)/t25-,26?,27-/m0/s1. The highest BCUT2D eigenvalue weighted by Gasteiger charge is 2.44. The van der Waals surface area contributed by atoms with Crippen LogP contribution in [0.3, 0.4) is 0 Å². The number of rotatable bonds is 9. The van der Waals surface area contributed by atoms with Crippen LogP contribution in [0.15, 0.2) is 60.7 Å². The van der Waals surface area contributed by atoms with E-state index in [1.54, 1.807) is 58.9 Å². The van der Waals surface area contributed by atoms with E-state index in [1.165, 1.54) is 9.80 Å². The Hall–Kier alpha value is -4.41. The third kappa shape index (κ3) is 8.83. The zero-order valence-corrected chi connectivity index (χ0v) is 26.8. The van der Waals surface area contributed by atoms with Gasteiger partial charge < -0.3 is 25.6 Å². The van der Waals surface area contributed by atoms with Crippen molar-refractivity contribution in [3.63, 3.8) is 0 Å². The minimum absolute atomic E-state index is 0.246. The van der Waals surface area contributed by atoms with E-state index in [-0.39, 0.29) is 18.2 Å². The van der Waals surface area contributed by atoms with Gasteiger partial charge in [-0.05, 0) is 78.0 Å². The second kappa shape index (κ2) is 14.1. The van der Waals surface area contributed by atoms with Gasteiger partial charge in [0.05, 0.1) is 0 Å². The Balaban J connectivity index is 1.43. The number of benzene rings is 2. The van der Waals surface area contributed by atoms with E-state index < -0.39 is 47.2 Å². The molecular weight excluding hydrogens is 574 g/mol. The number of ether oxygens (including phenoxy) is 1. The van der Waals surface area contributed by atoms with Gasteiger partial charge in [-0.15, -0.1) is 0 Å². The summed E-state index contributed by atoms with van der Waals surface area (Å²) in [5, 5.41) is 8.50. The molecule has 0 radical (unpaired) electrons. The Bertz CT molecular complexity index is 1370. The number of carbonyl (C=O) groups is 5. The first-order chi connectivity index (χ1) is 21.2. The van der Waals surface area contributed by atoms with E-state index in [2.05, 4.69) is 16.0 Å². The number of anilines is 1. The molecule has 2 heterocycles. The lowest BCUT2D eigenvalue weighted by molar-refractivity contribution is -0.143. The predicted molar refractivity (Wildman–Crippen MR) is 170 cm³/mol. The molecule has 242 valence electrons. The number of hydrogen-bond donors (Lipinski definition) is 3. The van der Waals surface area contributed by atoms with Gasteiger partial charge in [0, 0.05) is 25.2 Å². The Labute approximate surface area is 265 Å². The Kier molecular flexibility index (Phi) is 10.5. The van der Waals surface area contributed by atoms with E-state index in [1.807, 2.05) is 36.4 Å². The van der Waals surface area contributed by atoms with Crippen LogP contribution in [0.2, 0.25) is 0 Å². The van der Waals surface area contributed by atoms with Gasteiger partial charge in [0.2, 0.25) is 23.6 Å². The summed E-state index contributed by atoms with van der Waals surface area (Å²) in [6.45, 7) is 9.24. The maximum Gasteiger partial charge on any atom is 0.410 e. The number of amides is 5. The summed E-state index contributed by atoms with van der Waals surface area (Å²) in [4.78, 5) is 69.9. The molecule has 11 nitrogen and oxygen atoms in total. The van der Waals surface area contributed by atoms with Crippen molar-refractivity contribution in [2.24, 2.45) is 0 Å². The van der Waals surface area contributed by atoms with Gasteiger partial charge in [0.1, 0.15) is 29.3 Å². The van der Waals surface area contributed by atoms with Gasteiger partial charge in [0.25, 0.3) is 0 Å². The highest BCUT2D eigenvalue weighted by molar-refractivity contribution is 6.00. The molecule has 2 aromatic carbocycles. The average molecular weight is 620 g/mol. The van der Waals surface area contributed by atoms with Crippen molar-refractivity contribution in [3.8, 4) is 0 Å². The van der Waals surface area contributed by atoms with Gasteiger partial charge in [0.15, 0.2) is 0 Å². The van der Waals surface area contributed by atoms with Crippen molar-refractivity contribution < 1.29 is 28.7 Å². The summed E-state index contributed by atoms with van der Waals surface area (Å²) in [5.74, 6) is -1.68. The smallest absolute Gasteiger partial charge is 0.410 e. The fraction of sp³-hybridized carbons (Fsp3) is 0.500. The number of para-hydroxylation sites is 1. The summed E-state index contributed by atoms with van der Waals surface area (Å²) in [6, 6.07) is 15.9. The van der Waals surface area contributed by atoms with E-state index in [4.69, 9.17) is 4.74 Å². The first kappa shape index (κ1) is 33.5. The maximum absolute atomic E-state index is 13.7. The molecule has 2 fully saturated rings. The van der Waals surface area contributed by atoms with Crippen LogP contribution in [-0.2, 0) is 30.3 Å². The molecule has 0 aromatic heterocycles. The van der Waals surface area contributed by atoms with Crippen molar-refractivity contribution in [2.45, 2.75) is 96.0 Å². The number of nitrogens with one attached hydrogen (secondary N) is 3. The molecule has 11 heteroatoms. The van der Waals surface area contributed by atoms with E-state index >= 15 is 0 Å². The third-order valence-corrected chi connectivity index (χ3v) is 7.95. The molecule has 2 saturated heterocycles. The molecule has 0 aliphatic carbocycles. The fourth-order valence-corrected chi connectivity index (χ4v) is 5.65. The van der Waals surface area contributed by atoms with Crippen LogP contribution in [0.1, 0.15) is 65.9 Å². The zero-order chi connectivity index (χ0) is 32.8. The monoisotopic (exact) mass is 619 g/mol. The van der Waals surface area contributed by atoms with Gasteiger partial charge in [-0.3, -0.25) is 24.1 Å². The zero-order valence-electron chi connectivity index (χ0n) is 26.8. The van der Waals surface area contributed by atoms with Crippen molar-refractivity contribution in [1.29, 1.82) is 0 Å². The molecule has 0 spiro atoms. The average Bonchev–Trinajstić information content (AvgIpc) is 3.67. The SMILES string of the molecule is CC(C)(C)OC(=O)N1CCC[C@H]1C(=O)N1CCCC1C(=O)NC(C)(C)C(=O)N[C@@H](Cc1ccccc1)C(=O)Nc1ccccc1. The van der Waals surface area contributed by atoms with Gasteiger partial charge in [-0.2, -0.15) is 0 Å². The normalized spacial score (nSPS) is 19.0.